The molecule has 5 rings (SSSR count). The van der Waals surface area contributed by atoms with Gasteiger partial charge in [-0.3, -0.25) is 9.69 Å². The molecule has 164 valence electrons. The van der Waals surface area contributed by atoms with Crippen LogP contribution in [-0.2, 0) is 11.2 Å². The lowest BCUT2D eigenvalue weighted by Gasteiger charge is -2.25. The van der Waals surface area contributed by atoms with Crippen molar-refractivity contribution < 1.29 is 24.1 Å². The summed E-state index contributed by atoms with van der Waals surface area (Å²) in [6, 6.07) is 11.8. The molecule has 31 heavy (non-hydrogen) atoms. The Morgan fingerprint density at radius 3 is 2.94 bits per heavy atom. The highest BCUT2D eigenvalue weighted by atomic mass is 19.1. The number of hydrogen-bond acceptors (Lipinski definition) is 5. The van der Waals surface area contributed by atoms with Gasteiger partial charge in [0.1, 0.15) is 17.7 Å². The zero-order valence-corrected chi connectivity index (χ0v) is 17.3. The Morgan fingerprint density at radius 1 is 1.26 bits per heavy atom. The minimum atomic E-state index is -0.849. The van der Waals surface area contributed by atoms with E-state index < -0.39 is 11.7 Å². The number of carbonyl (C=O) groups excluding carboxylic acids is 1. The van der Waals surface area contributed by atoms with Gasteiger partial charge >= 0.3 is 0 Å². The molecule has 0 aromatic heterocycles. The van der Waals surface area contributed by atoms with E-state index in [-0.39, 0.29) is 23.7 Å². The highest BCUT2D eigenvalue weighted by Gasteiger charge is 2.52. The van der Waals surface area contributed by atoms with Crippen LogP contribution in [0.1, 0.15) is 36.5 Å². The molecule has 0 spiro atoms. The third-order valence-corrected chi connectivity index (χ3v) is 6.80. The van der Waals surface area contributed by atoms with Crippen molar-refractivity contribution in [2.24, 2.45) is 5.92 Å². The topological polar surface area (TPSA) is 82.0 Å². The molecule has 0 bridgehead atoms. The quantitative estimate of drug-likeness (QED) is 0.685. The van der Waals surface area contributed by atoms with Gasteiger partial charge in [0.25, 0.3) is 0 Å². The number of halogens is 1. The number of hydrogen-bond donors (Lipinski definition) is 3. The number of nitrogens with zero attached hydrogens (tertiary/aromatic N) is 1. The van der Waals surface area contributed by atoms with E-state index in [1.165, 1.54) is 12.1 Å². The Bertz CT molecular complexity index is 999. The van der Waals surface area contributed by atoms with Gasteiger partial charge in [-0.1, -0.05) is 18.2 Å². The molecule has 3 N–H and O–H groups in total. The summed E-state index contributed by atoms with van der Waals surface area (Å²) in [6.07, 6.45) is 1.55. The molecule has 1 unspecified atom stereocenters. The lowest BCUT2D eigenvalue weighted by atomic mass is 9.95. The van der Waals surface area contributed by atoms with E-state index >= 15 is 0 Å². The number of aliphatic hydroxyl groups excluding tert-OH is 1. The van der Waals surface area contributed by atoms with Gasteiger partial charge in [0.05, 0.1) is 11.7 Å². The largest absolute Gasteiger partial charge is 0.490 e. The Hall–Kier alpha value is -2.48. The smallest absolute Gasteiger partial charge is 0.224 e. The highest BCUT2D eigenvalue weighted by molar-refractivity contribution is 5.93. The van der Waals surface area contributed by atoms with Crippen LogP contribution in [0.15, 0.2) is 42.5 Å². The summed E-state index contributed by atoms with van der Waals surface area (Å²) in [4.78, 5) is 13.6. The summed E-state index contributed by atoms with van der Waals surface area (Å²) in [5.74, 6) is 0.248. The number of β-amino-alcohol motifs (C(OH)–C–C–N with tert-alkyl or cyclic N) is 2. The molecule has 1 saturated heterocycles. The Morgan fingerprint density at radius 2 is 2.13 bits per heavy atom. The summed E-state index contributed by atoms with van der Waals surface area (Å²) in [5.41, 5.74) is 1.84. The molecule has 2 aromatic rings. The number of carbonyl (C=O) groups is 1. The molecule has 1 amide bonds. The first-order valence-corrected chi connectivity index (χ1v) is 10.9. The average molecular weight is 426 g/mol. The fraction of sp³-hybridized carbons (Fsp3) is 0.458. The van der Waals surface area contributed by atoms with Crippen molar-refractivity contribution >= 4 is 11.6 Å². The van der Waals surface area contributed by atoms with Gasteiger partial charge in [0.2, 0.25) is 5.91 Å². The van der Waals surface area contributed by atoms with Gasteiger partial charge in [0, 0.05) is 50.1 Å². The van der Waals surface area contributed by atoms with Crippen molar-refractivity contribution in [3.8, 4) is 5.75 Å². The normalized spacial score (nSPS) is 28.7. The van der Waals surface area contributed by atoms with Crippen molar-refractivity contribution in [1.82, 2.24) is 4.90 Å². The Labute approximate surface area is 180 Å². The van der Waals surface area contributed by atoms with E-state index in [0.717, 1.165) is 16.8 Å². The number of likely N-dealkylation sites (tertiary alicyclic amines) is 1. The summed E-state index contributed by atoms with van der Waals surface area (Å²) in [6.45, 7) is 1.62. The molecule has 2 fully saturated rings. The van der Waals surface area contributed by atoms with Crippen LogP contribution in [0, 0.1) is 11.7 Å². The fourth-order valence-electron chi connectivity index (χ4n) is 5.30. The van der Waals surface area contributed by atoms with Gasteiger partial charge in [-0.05, 0) is 42.2 Å². The van der Waals surface area contributed by atoms with Crippen LogP contribution in [0.2, 0.25) is 0 Å². The van der Waals surface area contributed by atoms with Crippen molar-refractivity contribution in [2.75, 3.05) is 25.0 Å². The average Bonchev–Trinajstić information content (AvgIpc) is 3.17. The first kappa shape index (κ1) is 20.4. The van der Waals surface area contributed by atoms with Crippen LogP contribution in [0.5, 0.6) is 5.75 Å². The maximum atomic E-state index is 13.4. The summed E-state index contributed by atoms with van der Waals surface area (Å²) < 4.78 is 19.3. The fourth-order valence-corrected chi connectivity index (χ4v) is 5.30. The molecule has 2 aromatic carbocycles. The van der Waals surface area contributed by atoms with E-state index in [4.69, 9.17) is 4.74 Å². The third kappa shape index (κ3) is 4.18. The number of aliphatic hydroxyl groups is 2. The highest BCUT2D eigenvalue weighted by Crippen LogP contribution is 2.43. The van der Waals surface area contributed by atoms with Crippen LogP contribution < -0.4 is 10.1 Å². The summed E-state index contributed by atoms with van der Waals surface area (Å²) in [5, 5.41) is 24.8. The third-order valence-electron chi connectivity index (χ3n) is 6.80. The van der Waals surface area contributed by atoms with E-state index in [0.29, 0.717) is 51.1 Å². The Kier molecular flexibility index (Phi) is 5.20. The zero-order valence-electron chi connectivity index (χ0n) is 17.3. The van der Waals surface area contributed by atoms with Gasteiger partial charge in [-0.15, -0.1) is 0 Å². The number of fused-ring (bicyclic) bond motifs is 2. The van der Waals surface area contributed by atoms with Crippen LogP contribution in [-0.4, -0.2) is 52.4 Å². The Balaban J connectivity index is 1.19. The van der Waals surface area contributed by atoms with Crippen molar-refractivity contribution in [3.63, 3.8) is 0 Å². The van der Waals surface area contributed by atoms with Gasteiger partial charge in [0.15, 0.2) is 0 Å². The standard InChI is InChI=1S/C24H27FN2O4/c25-18-2-1-3-19(10-18)31-20-9-17-12-27(14-24(17,30)11-20)13-22(28)16-4-6-21-15(8-16)5-7-23(29)26-21/h1-4,6,8,10,17,20,22,28,30H,5,7,9,11-14H2,(H,26,29)/t17-,20+,22?,24-/m0/s1. The molecular formula is C24H27FN2O4. The molecule has 1 saturated carbocycles. The lowest BCUT2D eigenvalue weighted by Crippen LogP contribution is -2.36. The second-order valence-corrected chi connectivity index (χ2v) is 9.11. The number of anilines is 1. The van der Waals surface area contributed by atoms with Gasteiger partial charge < -0.3 is 20.3 Å². The minimum absolute atomic E-state index is 0.0253. The molecule has 2 aliphatic heterocycles. The molecule has 1 aliphatic carbocycles. The zero-order chi connectivity index (χ0) is 21.6. The first-order valence-electron chi connectivity index (χ1n) is 10.9. The number of nitrogens with one attached hydrogen (secondary N) is 1. The maximum absolute atomic E-state index is 13.4. The number of amides is 1. The molecular weight excluding hydrogens is 399 g/mol. The van der Waals surface area contributed by atoms with Crippen molar-refractivity contribution in [3.05, 3.63) is 59.4 Å². The van der Waals surface area contributed by atoms with E-state index in [2.05, 4.69) is 10.2 Å². The van der Waals surface area contributed by atoms with Crippen molar-refractivity contribution in [2.45, 2.75) is 43.5 Å². The molecule has 6 nitrogen and oxygen atoms in total. The van der Waals surface area contributed by atoms with Crippen molar-refractivity contribution in [1.29, 1.82) is 0 Å². The minimum Gasteiger partial charge on any atom is -0.490 e. The van der Waals surface area contributed by atoms with E-state index in [1.807, 2.05) is 18.2 Å². The predicted molar refractivity (Wildman–Crippen MR) is 113 cm³/mol. The number of benzene rings is 2. The molecule has 7 heteroatoms. The molecule has 4 atom stereocenters. The number of rotatable bonds is 5. The lowest BCUT2D eigenvalue weighted by molar-refractivity contribution is -0.116. The molecule has 2 heterocycles. The summed E-state index contributed by atoms with van der Waals surface area (Å²) in [7, 11) is 0. The van der Waals surface area contributed by atoms with Crippen LogP contribution in [0.3, 0.4) is 0 Å². The SMILES string of the molecule is O=C1CCc2cc(C(O)CN3C[C@@H]4C[C@@H](Oc5cccc(F)c5)C[C@]4(O)C3)ccc2N1. The van der Waals surface area contributed by atoms with Crippen LogP contribution in [0.4, 0.5) is 10.1 Å². The van der Waals surface area contributed by atoms with Gasteiger partial charge in [-0.2, -0.15) is 0 Å². The second kappa shape index (κ2) is 7.89. The molecule has 3 aliphatic rings. The second-order valence-electron chi connectivity index (χ2n) is 9.11. The van der Waals surface area contributed by atoms with Gasteiger partial charge in [-0.25, -0.2) is 4.39 Å². The molecule has 0 radical (unpaired) electrons. The summed E-state index contributed by atoms with van der Waals surface area (Å²) >= 11 is 0. The first-order chi connectivity index (χ1) is 14.9. The number of aryl methyl sites for hydroxylation is 1. The van der Waals surface area contributed by atoms with E-state index in [9.17, 15) is 19.4 Å². The predicted octanol–water partition coefficient (Wildman–Crippen LogP) is 2.65. The number of ether oxygens (including phenoxy) is 1. The van der Waals surface area contributed by atoms with Crippen LogP contribution in [0.25, 0.3) is 0 Å². The van der Waals surface area contributed by atoms with E-state index in [1.54, 1.807) is 12.1 Å². The van der Waals surface area contributed by atoms with Crippen LogP contribution >= 0.6 is 0 Å². The maximum Gasteiger partial charge on any atom is 0.224 e. The monoisotopic (exact) mass is 426 g/mol.